The minimum Gasteiger partial charge on any atom is -0.481 e. The zero-order valence-corrected chi connectivity index (χ0v) is 21.2. The van der Waals surface area contributed by atoms with E-state index in [0.29, 0.717) is 47.9 Å². The number of aliphatic carboxylic acids is 1. The van der Waals surface area contributed by atoms with Crippen LogP contribution in [0.5, 0.6) is 0 Å². The van der Waals surface area contributed by atoms with Gasteiger partial charge in [-0.1, -0.05) is 12.8 Å². The van der Waals surface area contributed by atoms with Crippen LogP contribution in [-0.4, -0.2) is 56.9 Å². The van der Waals surface area contributed by atoms with Gasteiger partial charge in [0.1, 0.15) is 11.5 Å². The molecule has 1 saturated carbocycles. The number of hydrogen-bond acceptors (Lipinski definition) is 4. The Morgan fingerprint density at radius 2 is 1.86 bits per heavy atom. The first-order valence-electron chi connectivity index (χ1n) is 13.5. The molecule has 0 spiro atoms. The molecule has 3 fully saturated rings. The Kier molecular flexibility index (Phi) is 6.13. The molecular formula is C29H33FN4O3. The molecular weight excluding hydrogens is 471 g/mol. The molecule has 7 nitrogen and oxygen atoms in total. The molecule has 1 amide bonds. The van der Waals surface area contributed by atoms with E-state index in [1.165, 1.54) is 6.07 Å². The summed E-state index contributed by atoms with van der Waals surface area (Å²) in [5.74, 6) is -1.16. The van der Waals surface area contributed by atoms with Crippen LogP contribution in [0.3, 0.4) is 0 Å². The third-order valence-corrected chi connectivity index (χ3v) is 8.29. The van der Waals surface area contributed by atoms with Crippen LogP contribution in [0.25, 0.3) is 16.9 Å². The maximum atomic E-state index is 15.3. The number of carbonyl (C=O) groups is 2. The summed E-state index contributed by atoms with van der Waals surface area (Å²) in [6.07, 6.45) is 10.8. The van der Waals surface area contributed by atoms with Crippen LogP contribution in [0.2, 0.25) is 0 Å². The van der Waals surface area contributed by atoms with Gasteiger partial charge in [0, 0.05) is 49.3 Å². The highest BCUT2D eigenvalue weighted by molar-refractivity contribution is 5.95. The zero-order chi connectivity index (χ0) is 25.7. The van der Waals surface area contributed by atoms with Gasteiger partial charge in [0.05, 0.1) is 17.2 Å². The van der Waals surface area contributed by atoms with Crippen LogP contribution in [0.4, 0.5) is 10.1 Å². The second-order valence-corrected chi connectivity index (χ2v) is 10.9. The van der Waals surface area contributed by atoms with Gasteiger partial charge in [-0.15, -0.1) is 0 Å². The number of pyridine rings is 1. The van der Waals surface area contributed by atoms with E-state index in [2.05, 4.69) is 6.92 Å². The molecule has 3 aliphatic rings. The van der Waals surface area contributed by atoms with Crippen LogP contribution in [0.15, 0.2) is 36.7 Å². The molecule has 1 N–H and O–H groups in total. The summed E-state index contributed by atoms with van der Waals surface area (Å²) in [6, 6.07) is 7.27. The highest BCUT2D eigenvalue weighted by Crippen LogP contribution is 2.43. The summed E-state index contributed by atoms with van der Waals surface area (Å²) in [7, 11) is 0. The van der Waals surface area contributed by atoms with Crippen molar-refractivity contribution in [2.75, 3.05) is 24.5 Å². The first-order valence-corrected chi connectivity index (χ1v) is 13.5. The van der Waals surface area contributed by atoms with E-state index in [1.54, 1.807) is 6.07 Å². The predicted octanol–water partition coefficient (Wildman–Crippen LogP) is 5.33. The van der Waals surface area contributed by atoms with E-state index in [9.17, 15) is 14.7 Å². The number of hydrogen-bond donors (Lipinski definition) is 1. The third-order valence-electron chi connectivity index (χ3n) is 8.29. The number of carboxylic acid groups (broad SMARTS) is 1. The number of amides is 1. The largest absolute Gasteiger partial charge is 0.481 e. The molecule has 3 aromatic rings. The van der Waals surface area contributed by atoms with Gasteiger partial charge < -0.3 is 19.3 Å². The fraction of sp³-hybridized carbons (Fsp3) is 0.483. The van der Waals surface area contributed by atoms with Crippen molar-refractivity contribution in [3.05, 3.63) is 53.6 Å². The Bertz CT molecular complexity index is 1360. The van der Waals surface area contributed by atoms with Gasteiger partial charge in [0.15, 0.2) is 0 Å². The number of likely N-dealkylation sites (tertiary alicyclic amines) is 1. The summed E-state index contributed by atoms with van der Waals surface area (Å²) >= 11 is 0. The topological polar surface area (TPSA) is 78.2 Å². The first kappa shape index (κ1) is 23.9. The van der Waals surface area contributed by atoms with Crippen molar-refractivity contribution in [1.82, 2.24) is 14.3 Å². The fourth-order valence-corrected chi connectivity index (χ4v) is 5.91. The van der Waals surface area contributed by atoms with Crippen LogP contribution >= 0.6 is 0 Å². The van der Waals surface area contributed by atoms with E-state index in [1.807, 2.05) is 38.7 Å². The average molecular weight is 505 g/mol. The molecule has 37 heavy (non-hydrogen) atoms. The number of rotatable bonds is 5. The molecule has 0 unspecified atom stereocenters. The predicted molar refractivity (Wildman–Crippen MR) is 139 cm³/mol. The Labute approximate surface area is 215 Å². The molecule has 8 heteroatoms. The van der Waals surface area contributed by atoms with Crippen molar-refractivity contribution in [3.63, 3.8) is 0 Å². The van der Waals surface area contributed by atoms with Crippen molar-refractivity contribution in [3.8, 4) is 11.3 Å². The summed E-state index contributed by atoms with van der Waals surface area (Å²) in [4.78, 5) is 33.6. The summed E-state index contributed by atoms with van der Waals surface area (Å²) in [6.45, 7) is 3.91. The number of anilines is 1. The quantitative estimate of drug-likeness (QED) is 0.508. The van der Waals surface area contributed by atoms with Gasteiger partial charge >= 0.3 is 5.97 Å². The number of aromatic nitrogens is 2. The molecule has 2 saturated heterocycles. The first-order chi connectivity index (χ1) is 17.9. The Hall–Kier alpha value is -3.42. The second kappa shape index (κ2) is 9.47. The minimum absolute atomic E-state index is 0.0641. The molecule has 1 aromatic carbocycles. The molecule has 6 rings (SSSR count). The number of fused-ring (bicyclic) bond motifs is 1. The second-order valence-electron chi connectivity index (χ2n) is 10.9. The molecule has 0 radical (unpaired) electrons. The molecule has 0 bridgehead atoms. The maximum absolute atomic E-state index is 15.3. The Morgan fingerprint density at radius 1 is 1.03 bits per heavy atom. The van der Waals surface area contributed by atoms with E-state index in [-0.39, 0.29) is 17.8 Å². The lowest BCUT2D eigenvalue weighted by atomic mass is 10.1. The van der Waals surface area contributed by atoms with Crippen molar-refractivity contribution >= 4 is 23.2 Å². The fourth-order valence-electron chi connectivity index (χ4n) is 5.91. The Morgan fingerprint density at radius 3 is 2.59 bits per heavy atom. The molecule has 2 aromatic heterocycles. The third kappa shape index (κ3) is 4.58. The van der Waals surface area contributed by atoms with Crippen LogP contribution in [0.1, 0.15) is 73.7 Å². The zero-order valence-electron chi connectivity index (χ0n) is 21.2. The summed E-state index contributed by atoms with van der Waals surface area (Å²) < 4.78 is 17.2. The highest BCUT2D eigenvalue weighted by atomic mass is 19.1. The van der Waals surface area contributed by atoms with Crippen molar-refractivity contribution < 1.29 is 19.1 Å². The number of carbonyl (C=O) groups excluding carboxylic acids is 1. The van der Waals surface area contributed by atoms with Gasteiger partial charge in [-0.05, 0) is 74.8 Å². The highest BCUT2D eigenvalue weighted by Gasteiger charge is 2.31. The smallest absolute Gasteiger partial charge is 0.308 e. The van der Waals surface area contributed by atoms with Gasteiger partial charge in [-0.3, -0.25) is 9.59 Å². The number of nitrogens with zero attached hydrogens (tertiary/aromatic N) is 4. The number of benzene rings is 1. The maximum Gasteiger partial charge on any atom is 0.308 e. The van der Waals surface area contributed by atoms with Crippen molar-refractivity contribution in [2.45, 2.75) is 63.8 Å². The molecule has 194 valence electrons. The van der Waals surface area contributed by atoms with Crippen LogP contribution in [0, 0.1) is 11.7 Å². The average Bonchev–Trinajstić information content (AvgIpc) is 3.50. The van der Waals surface area contributed by atoms with E-state index in [4.69, 9.17) is 4.98 Å². The molecule has 2 atom stereocenters. The minimum atomic E-state index is -0.807. The van der Waals surface area contributed by atoms with Gasteiger partial charge in [0.25, 0.3) is 5.91 Å². The van der Waals surface area contributed by atoms with Gasteiger partial charge in [-0.25, -0.2) is 9.37 Å². The normalized spacial score (nSPS) is 22.4. The summed E-state index contributed by atoms with van der Waals surface area (Å²) in [5, 5.41) is 9.28. The monoisotopic (exact) mass is 504 g/mol. The van der Waals surface area contributed by atoms with E-state index in [0.717, 1.165) is 56.3 Å². The molecule has 1 aliphatic carbocycles. The van der Waals surface area contributed by atoms with Crippen LogP contribution < -0.4 is 4.90 Å². The Balaban J connectivity index is 1.32. The van der Waals surface area contributed by atoms with Crippen LogP contribution in [-0.2, 0) is 4.79 Å². The lowest BCUT2D eigenvalue weighted by Crippen LogP contribution is -2.38. The number of imidazole rings is 1. The van der Waals surface area contributed by atoms with Gasteiger partial charge in [0.2, 0.25) is 0 Å². The SMILES string of the molecule is C[C@@H]1CCCCCN1C(=O)c1cc(C2CC2)c2nc(-c3ccc(N4CC[C@H](C(=O)O)C4)cc3F)cn2c1. The van der Waals surface area contributed by atoms with Crippen molar-refractivity contribution in [1.29, 1.82) is 0 Å². The summed E-state index contributed by atoms with van der Waals surface area (Å²) in [5.41, 5.74) is 4.14. The standard InChI is InChI=1S/C29H33FN4O3/c1-18-5-3-2-4-11-34(18)28(35)21-13-24(19-6-7-19)27-31-26(17-33(27)16-21)23-9-8-22(14-25(23)30)32-12-10-20(15-32)29(36)37/h8-9,13-14,16-20H,2-7,10-12,15H2,1H3,(H,36,37)/t18-,20+/m1/s1. The number of carboxylic acids is 1. The molecule has 2 aliphatic heterocycles. The van der Waals surface area contributed by atoms with E-state index >= 15 is 4.39 Å². The van der Waals surface area contributed by atoms with Crippen molar-refractivity contribution in [2.24, 2.45) is 5.92 Å². The lowest BCUT2D eigenvalue weighted by molar-refractivity contribution is -0.140. The lowest BCUT2D eigenvalue weighted by Gasteiger charge is -2.27. The van der Waals surface area contributed by atoms with E-state index < -0.39 is 11.9 Å². The van der Waals surface area contributed by atoms with Gasteiger partial charge in [-0.2, -0.15) is 0 Å². The number of halogens is 1. The molecule has 4 heterocycles.